The number of phenolic OH excluding ortho intramolecular Hbond substituents is 1. The van der Waals surface area contributed by atoms with Gasteiger partial charge in [0.15, 0.2) is 6.61 Å². The molecule has 2 rings (SSSR count). The predicted octanol–water partition coefficient (Wildman–Crippen LogP) is 4.10. The Morgan fingerprint density at radius 2 is 2.00 bits per heavy atom. The maximum absolute atomic E-state index is 11.6. The van der Waals surface area contributed by atoms with Crippen LogP contribution in [0.1, 0.15) is 5.56 Å². The Labute approximate surface area is 154 Å². The molecule has 0 aromatic heterocycles. The van der Waals surface area contributed by atoms with Gasteiger partial charge in [-0.1, -0.05) is 27.5 Å². The lowest BCUT2D eigenvalue weighted by atomic mass is 10.2. The number of hydrogen-bond donors (Lipinski definition) is 2. The number of rotatable bonds is 5. The Hall–Kier alpha value is -1.57. The number of carbonyl (C=O) groups excluding carboxylic acids is 1. The molecule has 0 unspecified atom stereocenters. The minimum atomic E-state index is -0.426. The molecule has 2 aromatic rings. The number of amides is 1. The summed E-state index contributed by atoms with van der Waals surface area (Å²) in [6.07, 6.45) is 1.34. The summed E-state index contributed by atoms with van der Waals surface area (Å²) in [5, 5.41) is 14.2. The van der Waals surface area contributed by atoms with E-state index in [-0.39, 0.29) is 12.4 Å². The van der Waals surface area contributed by atoms with E-state index in [4.69, 9.17) is 16.3 Å². The Balaban J connectivity index is 1.88. The van der Waals surface area contributed by atoms with Crippen LogP contribution in [0.3, 0.4) is 0 Å². The van der Waals surface area contributed by atoms with Crippen LogP contribution in [0.5, 0.6) is 11.5 Å². The summed E-state index contributed by atoms with van der Waals surface area (Å²) in [6.45, 7) is -0.187. The molecule has 120 valence electrons. The Morgan fingerprint density at radius 1 is 1.30 bits per heavy atom. The molecule has 1 amide bonds. The fourth-order valence-electron chi connectivity index (χ4n) is 1.57. The monoisotopic (exact) mass is 460 g/mol. The number of hydrazone groups is 1. The summed E-state index contributed by atoms with van der Waals surface area (Å²) in [6, 6.07) is 10.0. The highest BCUT2D eigenvalue weighted by Gasteiger charge is 2.06. The molecule has 0 saturated heterocycles. The molecule has 0 radical (unpaired) electrons. The van der Waals surface area contributed by atoms with Gasteiger partial charge in [0.2, 0.25) is 0 Å². The van der Waals surface area contributed by atoms with E-state index in [1.54, 1.807) is 36.4 Å². The number of nitrogens with one attached hydrogen (secondary N) is 1. The third-order valence-corrected chi connectivity index (χ3v) is 3.95. The molecule has 23 heavy (non-hydrogen) atoms. The van der Waals surface area contributed by atoms with Gasteiger partial charge < -0.3 is 9.84 Å². The number of aromatic hydroxyl groups is 1. The van der Waals surface area contributed by atoms with Crippen LogP contribution in [0.15, 0.2) is 50.4 Å². The van der Waals surface area contributed by atoms with Crippen molar-refractivity contribution < 1.29 is 14.6 Å². The summed E-state index contributed by atoms with van der Waals surface area (Å²) in [5.41, 5.74) is 2.77. The van der Waals surface area contributed by atoms with E-state index in [2.05, 4.69) is 42.4 Å². The van der Waals surface area contributed by atoms with Crippen LogP contribution in [0, 0.1) is 0 Å². The topological polar surface area (TPSA) is 70.9 Å². The van der Waals surface area contributed by atoms with Crippen molar-refractivity contribution in [1.82, 2.24) is 5.43 Å². The van der Waals surface area contributed by atoms with Gasteiger partial charge in [-0.15, -0.1) is 0 Å². The molecule has 0 heterocycles. The van der Waals surface area contributed by atoms with Crippen LogP contribution >= 0.6 is 43.5 Å². The highest BCUT2D eigenvalue weighted by Crippen LogP contribution is 2.30. The highest BCUT2D eigenvalue weighted by molar-refractivity contribution is 9.11. The average molecular weight is 463 g/mol. The molecule has 2 N–H and O–H groups in total. The summed E-state index contributed by atoms with van der Waals surface area (Å²) < 4.78 is 6.56. The smallest absolute Gasteiger partial charge is 0.277 e. The first kappa shape index (κ1) is 17.8. The zero-order valence-electron chi connectivity index (χ0n) is 11.6. The molecule has 0 fully saturated rings. The molecule has 2 aromatic carbocycles. The minimum Gasteiger partial charge on any atom is -0.506 e. The number of hydrogen-bond acceptors (Lipinski definition) is 4. The lowest BCUT2D eigenvalue weighted by Crippen LogP contribution is -2.24. The van der Waals surface area contributed by atoms with Crippen LogP contribution in [-0.4, -0.2) is 23.8 Å². The van der Waals surface area contributed by atoms with Gasteiger partial charge >= 0.3 is 0 Å². The average Bonchev–Trinajstić information content (AvgIpc) is 2.51. The van der Waals surface area contributed by atoms with E-state index in [1.165, 1.54) is 6.21 Å². The van der Waals surface area contributed by atoms with Gasteiger partial charge in [-0.05, 0) is 52.3 Å². The van der Waals surface area contributed by atoms with E-state index in [0.717, 1.165) is 4.47 Å². The van der Waals surface area contributed by atoms with Crippen LogP contribution in [0.25, 0.3) is 0 Å². The van der Waals surface area contributed by atoms with E-state index in [0.29, 0.717) is 20.8 Å². The summed E-state index contributed by atoms with van der Waals surface area (Å²) in [5.74, 6) is 0.135. The maximum atomic E-state index is 11.6. The first-order valence-electron chi connectivity index (χ1n) is 6.34. The molecule has 0 aliphatic heterocycles. The van der Waals surface area contributed by atoms with Crippen molar-refractivity contribution in [3.8, 4) is 11.5 Å². The SMILES string of the molecule is O=C(COc1ccc(Cl)cc1)NN=Cc1cc(Br)cc(Br)c1O. The van der Waals surface area contributed by atoms with E-state index in [1.807, 2.05) is 0 Å². The Kier molecular flexibility index (Phi) is 6.44. The van der Waals surface area contributed by atoms with Gasteiger partial charge in [-0.25, -0.2) is 5.43 Å². The van der Waals surface area contributed by atoms with Crippen molar-refractivity contribution in [2.75, 3.05) is 6.61 Å². The van der Waals surface area contributed by atoms with Crippen molar-refractivity contribution in [3.63, 3.8) is 0 Å². The third-order valence-electron chi connectivity index (χ3n) is 2.63. The summed E-state index contributed by atoms with van der Waals surface area (Å²) in [4.78, 5) is 11.6. The molecular weight excluding hydrogens is 451 g/mol. The first-order valence-corrected chi connectivity index (χ1v) is 8.30. The van der Waals surface area contributed by atoms with Crippen molar-refractivity contribution in [3.05, 3.63) is 55.9 Å². The number of ether oxygens (including phenoxy) is 1. The lowest BCUT2D eigenvalue weighted by molar-refractivity contribution is -0.123. The van der Waals surface area contributed by atoms with Crippen LogP contribution in [0.4, 0.5) is 0 Å². The second-order valence-electron chi connectivity index (χ2n) is 4.36. The van der Waals surface area contributed by atoms with Crippen LogP contribution in [-0.2, 0) is 4.79 Å². The fourth-order valence-corrected chi connectivity index (χ4v) is 2.95. The zero-order chi connectivity index (χ0) is 16.8. The number of benzene rings is 2. The molecule has 0 aliphatic rings. The molecule has 8 heteroatoms. The van der Waals surface area contributed by atoms with Crippen molar-refractivity contribution in [2.45, 2.75) is 0 Å². The number of phenols is 1. The molecule has 0 aliphatic carbocycles. The van der Waals surface area contributed by atoms with Gasteiger partial charge in [0.1, 0.15) is 11.5 Å². The second-order valence-corrected chi connectivity index (χ2v) is 6.57. The van der Waals surface area contributed by atoms with Crippen LogP contribution < -0.4 is 10.2 Å². The molecule has 5 nitrogen and oxygen atoms in total. The van der Waals surface area contributed by atoms with Crippen LogP contribution in [0.2, 0.25) is 5.02 Å². The molecule has 0 saturated carbocycles. The molecule has 0 bridgehead atoms. The van der Waals surface area contributed by atoms with Gasteiger partial charge in [0.25, 0.3) is 5.91 Å². The van der Waals surface area contributed by atoms with Crippen molar-refractivity contribution in [1.29, 1.82) is 0 Å². The Bertz CT molecular complexity index is 736. The second kappa shape index (κ2) is 8.33. The largest absolute Gasteiger partial charge is 0.506 e. The van der Waals surface area contributed by atoms with Gasteiger partial charge in [-0.2, -0.15) is 5.10 Å². The quantitative estimate of drug-likeness (QED) is 0.519. The summed E-state index contributed by atoms with van der Waals surface area (Å²) in [7, 11) is 0. The molecular formula is C15H11Br2ClN2O3. The van der Waals surface area contributed by atoms with Gasteiger partial charge in [0, 0.05) is 15.1 Å². The normalized spacial score (nSPS) is 10.7. The zero-order valence-corrected chi connectivity index (χ0v) is 15.5. The number of nitrogens with zero attached hydrogens (tertiary/aromatic N) is 1. The van der Waals surface area contributed by atoms with E-state index >= 15 is 0 Å². The van der Waals surface area contributed by atoms with Gasteiger partial charge in [-0.3, -0.25) is 4.79 Å². The number of halogens is 3. The third kappa shape index (κ3) is 5.53. The van der Waals surface area contributed by atoms with Crippen molar-refractivity contribution in [2.24, 2.45) is 5.10 Å². The van der Waals surface area contributed by atoms with Crippen molar-refractivity contribution >= 4 is 55.6 Å². The van der Waals surface area contributed by atoms with E-state index < -0.39 is 5.91 Å². The lowest BCUT2D eigenvalue weighted by Gasteiger charge is -2.05. The predicted molar refractivity (Wildman–Crippen MR) is 96.2 cm³/mol. The maximum Gasteiger partial charge on any atom is 0.277 e. The number of carbonyl (C=O) groups is 1. The standard InChI is InChI=1S/C15H11Br2ClN2O3/c16-10-5-9(15(22)13(17)6-10)7-19-20-14(21)8-23-12-3-1-11(18)2-4-12/h1-7,22H,8H2,(H,20,21). The highest BCUT2D eigenvalue weighted by atomic mass is 79.9. The summed E-state index contributed by atoms with van der Waals surface area (Å²) >= 11 is 12.3. The molecule has 0 spiro atoms. The first-order chi connectivity index (χ1) is 11.0. The van der Waals surface area contributed by atoms with E-state index in [9.17, 15) is 9.90 Å². The molecule has 0 atom stereocenters. The van der Waals surface area contributed by atoms with Gasteiger partial charge in [0.05, 0.1) is 10.7 Å². The fraction of sp³-hybridized carbons (Fsp3) is 0.0667. The minimum absolute atomic E-state index is 0.0311. The Morgan fingerprint density at radius 3 is 2.70 bits per heavy atom.